The van der Waals surface area contributed by atoms with E-state index in [1.165, 1.54) is 30.5 Å². The number of pyridine rings is 1. The molecule has 0 unspecified atom stereocenters. The molecule has 0 saturated heterocycles. The van der Waals surface area contributed by atoms with Crippen LogP contribution in [-0.2, 0) is 0 Å². The van der Waals surface area contributed by atoms with Gasteiger partial charge in [-0.2, -0.15) is 0 Å². The number of anilines is 2. The third-order valence-corrected chi connectivity index (χ3v) is 2.80. The van der Waals surface area contributed by atoms with Crippen LogP contribution in [0.2, 0.25) is 0 Å². The molecular formula is C12H9BrFN3O. The Balaban J connectivity index is 2.16. The fraction of sp³-hybridized carbons (Fsp3) is 0. The highest BCUT2D eigenvalue weighted by Crippen LogP contribution is 2.20. The number of carbonyl (C=O) groups is 1. The van der Waals surface area contributed by atoms with E-state index in [2.05, 4.69) is 26.2 Å². The van der Waals surface area contributed by atoms with Gasteiger partial charge in [-0.25, -0.2) is 9.37 Å². The zero-order valence-corrected chi connectivity index (χ0v) is 10.7. The van der Waals surface area contributed by atoms with Crippen LogP contribution in [0.3, 0.4) is 0 Å². The van der Waals surface area contributed by atoms with Crippen molar-refractivity contribution >= 4 is 33.2 Å². The highest BCUT2D eigenvalue weighted by atomic mass is 79.9. The number of hydrogen-bond donors (Lipinski definition) is 2. The monoisotopic (exact) mass is 309 g/mol. The van der Waals surface area contributed by atoms with Gasteiger partial charge >= 0.3 is 0 Å². The molecule has 0 aliphatic heterocycles. The Morgan fingerprint density at radius 2 is 2.11 bits per heavy atom. The van der Waals surface area contributed by atoms with Crippen molar-refractivity contribution in [3.05, 3.63) is 52.5 Å². The summed E-state index contributed by atoms with van der Waals surface area (Å²) in [5.74, 6) is -0.771. The quantitative estimate of drug-likeness (QED) is 0.896. The van der Waals surface area contributed by atoms with E-state index in [-0.39, 0.29) is 16.1 Å². The van der Waals surface area contributed by atoms with E-state index in [4.69, 9.17) is 5.73 Å². The molecule has 1 aromatic carbocycles. The van der Waals surface area contributed by atoms with Gasteiger partial charge in [0.1, 0.15) is 11.5 Å². The lowest BCUT2D eigenvalue weighted by atomic mass is 10.3. The highest BCUT2D eigenvalue weighted by Gasteiger charge is 2.08. The van der Waals surface area contributed by atoms with E-state index in [9.17, 15) is 9.18 Å². The number of nitrogens with one attached hydrogen (secondary N) is 1. The molecule has 1 amide bonds. The van der Waals surface area contributed by atoms with Gasteiger partial charge in [0.05, 0.1) is 16.4 Å². The van der Waals surface area contributed by atoms with Crippen LogP contribution in [-0.4, -0.2) is 10.9 Å². The number of benzene rings is 1. The molecule has 0 radical (unpaired) electrons. The van der Waals surface area contributed by atoms with Gasteiger partial charge in [0.2, 0.25) is 0 Å². The Morgan fingerprint density at radius 1 is 1.33 bits per heavy atom. The van der Waals surface area contributed by atoms with Crippen molar-refractivity contribution in [1.82, 2.24) is 4.98 Å². The maximum atomic E-state index is 13.0. The maximum Gasteiger partial charge on any atom is 0.274 e. The maximum absolute atomic E-state index is 13.0. The van der Waals surface area contributed by atoms with Gasteiger partial charge < -0.3 is 11.1 Å². The number of amides is 1. The molecule has 0 saturated carbocycles. The van der Waals surface area contributed by atoms with Gasteiger partial charge in [0.25, 0.3) is 5.91 Å². The molecule has 3 N–H and O–H groups in total. The van der Waals surface area contributed by atoms with E-state index in [0.717, 1.165) is 0 Å². The molecule has 2 aromatic rings. The van der Waals surface area contributed by atoms with E-state index >= 15 is 0 Å². The zero-order valence-electron chi connectivity index (χ0n) is 9.15. The second kappa shape index (κ2) is 5.14. The largest absolute Gasteiger partial charge is 0.397 e. The molecule has 0 bridgehead atoms. The fourth-order valence-electron chi connectivity index (χ4n) is 1.31. The topological polar surface area (TPSA) is 68.0 Å². The molecule has 0 fully saturated rings. The van der Waals surface area contributed by atoms with Crippen molar-refractivity contribution in [2.24, 2.45) is 0 Å². The van der Waals surface area contributed by atoms with Crippen molar-refractivity contribution in [2.45, 2.75) is 0 Å². The minimum absolute atomic E-state index is 0.240. The zero-order chi connectivity index (χ0) is 13.1. The molecule has 1 aromatic heterocycles. The minimum atomic E-state index is -0.390. The third-order valence-electron chi connectivity index (χ3n) is 2.20. The summed E-state index contributed by atoms with van der Waals surface area (Å²) in [7, 11) is 0. The number of halogens is 2. The van der Waals surface area contributed by atoms with E-state index in [1.54, 1.807) is 6.07 Å². The second-order valence-corrected chi connectivity index (χ2v) is 4.41. The molecule has 0 atom stereocenters. The first-order valence-electron chi connectivity index (χ1n) is 5.04. The van der Waals surface area contributed by atoms with Crippen LogP contribution >= 0.6 is 15.9 Å². The average Bonchev–Trinajstić information content (AvgIpc) is 2.34. The lowest BCUT2D eigenvalue weighted by Crippen LogP contribution is -2.13. The number of aromatic nitrogens is 1. The third kappa shape index (κ3) is 2.84. The molecule has 4 nitrogen and oxygen atoms in total. The first-order valence-corrected chi connectivity index (χ1v) is 5.83. The van der Waals surface area contributed by atoms with Gasteiger partial charge in [0, 0.05) is 5.69 Å². The number of nitrogens with zero attached hydrogens (tertiary/aromatic N) is 1. The van der Waals surface area contributed by atoms with Crippen LogP contribution in [0, 0.1) is 5.82 Å². The molecular weight excluding hydrogens is 301 g/mol. The SMILES string of the molecule is Nc1ccc(C(=O)Nc2ccc(F)c(Br)c2)nc1. The van der Waals surface area contributed by atoms with E-state index < -0.39 is 5.82 Å². The lowest BCUT2D eigenvalue weighted by molar-refractivity contribution is 0.102. The Bertz CT molecular complexity index is 586. The van der Waals surface area contributed by atoms with Crippen molar-refractivity contribution in [3.8, 4) is 0 Å². The summed E-state index contributed by atoms with van der Waals surface area (Å²) in [6, 6.07) is 7.31. The van der Waals surface area contributed by atoms with Crippen molar-refractivity contribution in [2.75, 3.05) is 11.1 Å². The van der Waals surface area contributed by atoms with Crippen LogP contribution in [0.25, 0.3) is 0 Å². The Labute approximate surface area is 111 Å². The van der Waals surface area contributed by atoms with E-state index in [0.29, 0.717) is 11.4 Å². The standard InChI is InChI=1S/C12H9BrFN3O/c13-9-5-8(2-3-10(9)14)17-12(18)11-4-1-7(15)6-16-11/h1-6H,15H2,(H,17,18). The van der Waals surface area contributed by atoms with Crippen molar-refractivity contribution in [3.63, 3.8) is 0 Å². The second-order valence-electron chi connectivity index (χ2n) is 3.56. The summed E-state index contributed by atoms with van der Waals surface area (Å²) in [6.07, 6.45) is 1.40. The van der Waals surface area contributed by atoms with Crippen molar-refractivity contribution in [1.29, 1.82) is 0 Å². The predicted octanol–water partition coefficient (Wildman–Crippen LogP) is 2.82. The van der Waals surface area contributed by atoms with Crippen LogP contribution < -0.4 is 11.1 Å². The fourth-order valence-corrected chi connectivity index (χ4v) is 1.69. The molecule has 0 aliphatic carbocycles. The summed E-state index contributed by atoms with van der Waals surface area (Å²) in [5.41, 5.74) is 6.68. The Hall–Kier alpha value is -1.95. The average molecular weight is 310 g/mol. The van der Waals surface area contributed by atoms with Crippen molar-refractivity contribution < 1.29 is 9.18 Å². The summed E-state index contributed by atoms with van der Waals surface area (Å²) in [4.78, 5) is 15.7. The van der Waals surface area contributed by atoms with Gasteiger partial charge in [-0.1, -0.05) is 0 Å². The highest BCUT2D eigenvalue weighted by molar-refractivity contribution is 9.10. The first kappa shape index (κ1) is 12.5. The molecule has 92 valence electrons. The van der Waals surface area contributed by atoms with Gasteiger partial charge in [0.15, 0.2) is 0 Å². The summed E-state index contributed by atoms with van der Waals surface area (Å²) in [6.45, 7) is 0. The molecule has 0 aliphatic rings. The summed E-state index contributed by atoms with van der Waals surface area (Å²) in [5, 5.41) is 2.61. The molecule has 6 heteroatoms. The number of nitrogen functional groups attached to an aromatic ring is 1. The number of nitrogens with two attached hydrogens (primary N) is 1. The number of carbonyl (C=O) groups excluding carboxylic acids is 1. The summed E-state index contributed by atoms with van der Waals surface area (Å²) < 4.78 is 13.3. The molecule has 2 rings (SSSR count). The lowest BCUT2D eigenvalue weighted by Gasteiger charge is -2.05. The molecule has 0 spiro atoms. The summed E-state index contributed by atoms with van der Waals surface area (Å²) >= 11 is 3.04. The van der Waals surface area contributed by atoms with Crippen LogP contribution in [0.4, 0.5) is 15.8 Å². The van der Waals surface area contributed by atoms with Gasteiger partial charge in [-0.15, -0.1) is 0 Å². The van der Waals surface area contributed by atoms with Crippen LogP contribution in [0.15, 0.2) is 41.0 Å². The smallest absolute Gasteiger partial charge is 0.274 e. The number of rotatable bonds is 2. The van der Waals surface area contributed by atoms with Crippen LogP contribution in [0.1, 0.15) is 10.5 Å². The van der Waals surface area contributed by atoms with Crippen LogP contribution in [0.5, 0.6) is 0 Å². The van der Waals surface area contributed by atoms with Gasteiger partial charge in [-0.05, 0) is 46.3 Å². The normalized spacial score (nSPS) is 10.1. The first-order chi connectivity index (χ1) is 8.56. The Kier molecular flexibility index (Phi) is 3.57. The van der Waals surface area contributed by atoms with Gasteiger partial charge in [-0.3, -0.25) is 4.79 Å². The predicted molar refractivity (Wildman–Crippen MR) is 70.7 cm³/mol. The molecule has 18 heavy (non-hydrogen) atoms. The Morgan fingerprint density at radius 3 is 2.72 bits per heavy atom. The number of hydrogen-bond acceptors (Lipinski definition) is 3. The minimum Gasteiger partial charge on any atom is -0.397 e. The molecule has 1 heterocycles. The van der Waals surface area contributed by atoms with E-state index in [1.807, 2.05) is 0 Å².